The molecular formula is C18H21N3O4. The van der Waals surface area contributed by atoms with Crippen molar-refractivity contribution >= 4 is 5.91 Å². The van der Waals surface area contributed by atoms with Gasteiger partial charge >= 0.3 is 0 Å². The van der Waals surface area contributed by atoms with Crippen molar-refractivity contribution in [2.45, 2.75) is 31.5 Å². The number of hydrogen-bond donors (Lipinski definition) is 0. The van der Waals surface area contributed by atoms with Crippen molar-refractivity contribution in [1.29, 1.82) is 0 Å². The number of benzene rings is 1. The molecule has 25 heavy (non-hydrogen) atoms. The summed E-state index contributed by atoms with van der Waals surface area (Å²) in [6.45, 7) is 2.62. The van der Waals surface area contributed by atoms with Crippen LogP contribution in [0.3, 0.4) is 0 Å². The molecule has 0 N–H and O–H groups in total. The first-order valence-electron chi connectivity index (χ1n) is 8.68. The molecule has 2 aromatic rings. The summed E-state index contributed by atoms with van der Waals surface area (Å²) in [7, 11) is 0. The van der Waals surface area contributed by atoms with E-state index >= 15 is 0 Å². The summed E-state index contributed by atoms with van der Waals surface area (Å²) in [6.07, 6.45) is 2.29. The number of ether oxygens (including phenoxy) is 2. The Hall–Kier alpha value is -2.25. The predicted octanol–water partition coefficient (Wildman–Crippen LogP) is 2.03. The lowest BCUT2D eigenvalue weighted by atomic mass is 10.0. The normalized spacial score (nSPS) is 19.4. The SMILES string of the molecule is O=C(CCc1nnc(-c2ccccc2)o1)N1CCC2(CC1)OCCO2. The van der Waals surface area contributed by atoms with E-state index in [1.807, 2.05) is 35.2 Å². The third kappa shape index (κ3) is 3.57. The molecule has 0 radical (unpaired) electrons. The van der Waals surface area contributed by atoms with Gasteiger partial charge in [-0.15, -0.1) is 10.2 Å². The van der Waals surface area contributed by atoms with Gasteiger partial charge in [0.15, 0.2) is 5.79 Å². The molecule has 7 nitrogen and oxygen atoms in total. The summed E-state index contributed by atoms with van der Waals surface area (Å²) in [5.74, 6) is 0.627. The lowest BCUT2D eigenvalue weighted by Crippen LogP contribution is -2.47. The number of aromatic nitrogens is 2. The zero-order chi connectivity index (χ0) is 17.1. The van der Waals surface area contributed by atoms with Gasteiger partial charge in [-0.1, -0.05) is 18.2 Å². The topological polar surface area (TPSA) is 77.7 Å². The Balaban J connectivity index is 1.29. The van der Waals surface area contributed by atoms with Crippen molar-refractivity contribution in [3.8, 4) is 11.5 Å². The molecule has 2 aliphatic rings. The van der Waals surface area contributed by atoms with Crippen molar-refractivity contribution in [1.82, 2.24) is 15.1 Å². The van der Waals surface area contributed by atoms with Crippen molar-refractivity contribution in [2.24, 2.45) is 0 Å². The van der Waals surface area contributed by atoms with Gasteiger partial charge in [0.25, 0.3) is 0 Å². The summed E-state index contributed by atoms with van der Waals surface area (Å²) in [6, 6.07) is 9.61. The zero-order valence-corrected chi connectivity index (χ0v) is 14.0. The fraction of sp³-hybridized carbons (Fsp3) is 0.500. The monoisotopic (exact) mass is 343 g/mol. The number of amides is 1. The standard InChI is InChI=1S/C18H21N3O4/c22-16(21-10-8-18(9-11-21)23-12-13-24-18)7-6-15-19-20-17(25-15)14-4-2-1-3-5-14/h1-5H,6-13H2. The molecule has 4 rings (SSSR count). The smallest absolute Gasteiger partial charge is 0.247 e. The summed E-state index contributed by atoms with van der Waals surface area (Å²) in [4.78, 5) is 14.3. The molecule has 1 amide bonds. The van der Waals surface area contributed by atoms with Crippen LogP contribution in [0.1, 0.15) is 25.2 Å². The molecule has 2 aliphatic heterocycles. The maximum atomic E-state index is 12.4. The highest BCUT2D eigenvalue weighted by molar-refractivity contribution is 5.76. The summed E-state index contributed by atoms with van der Waals surface area (Å²) in [5, 5.41) is 8.09. The van der Waals surface area contributed by atoms with E-state index in [2.05, 4.69) is 10.2 Å². The van der Waals surface area contributed by atoms with Crippen LogP contribution < -0.4 is 0 Å². The summed E-state index contributed by atoms with van der Waals surface area (Å²) in [5.41, 5.74) is 0.880. The van der Waals surface area contributed by atoms with E-state index in [1.54, 1.807) is 0 Å². The summed E-state index contributed by atoms with van der Waals surface area (Å²) < 4.78 is 17.0. The summed E-state index contributed by atoms with van der Waals surface area (Å²) >= 11 is 0. The molecule has 3 heterocycles. The highest BCUT2D eigenvalue weighted by Gasteiger charge is 2.40. The highest BCUT2D eigenvalue weighted by Crippen LogP contribution is 2.31. The Labute approximate surface area is 145 Å². The van der Waals surface area contributed by atoms with Crippen molar-refractivity contribution in [3.05, 3.63) is 36.2 Å². The minimum Gasteiger partial charge on any atom is -0.421 e. The van der Waals surface area contributed by atoms with Crippen LogP contribution in [-0.4, -0.2) is 53.1 Å². The van der Waals surface area contributed by atoms with E-state index in [0.717, 1.165) is 18.4 Å². The minimum atomic E-state index is -0.451. The van der Waals surface area contributed by atoms with Crippen LogP contribution in [0, 0.1) is 0 Å². The van der Waals surface area contributed by atoms with Crippen LogP contribution in [0.15, 0.2) is 34.7 Å². The van der Waals surface area contributed by atoms with Crippen LogP contribution in [0.25, 0.3) is 11.5 Å². The van der Waals surface area contributed by atoms with Crippen molar-refractivity contribution in [2.75, 3.05) is 26.3 Å². The second-order valence-corrected chi connectivity index (χ2v) is 6.36. The largest absolute Gasteiger partial charge is 0.421 e. The first-order valence-corrected chi connectivity index (χ1v) is 8.68. The molecular weight excluding hydrogens is 322 g/mol. The number of carbonyl (C=O) groups is 1. The van der Waals surface area contributed by atoms with E-state index in [0.29, 0.717) is 50.9 Å². The lowest BCUT2D eigenvalue weighted by Gasteiger charge is -2.37. The molecule has 0 atom stereocenters. The first kappa shape index (κ1) is 16.2. The third-order valence-corrected chi connectivity index (χ3v) is 4.73. The third-order valence-electron chi connectivity index (χ3n) is 4.73. The molecule has 1 aromatic heterocycles. The Morgan fingerprint density at radius 1 is 1.08 bits per heavy atom. The quantitative estimate of drug-likeness (QED) is 0.845. The van der Waals surface area contributed by atoms with Gasteiger partial charge in [0.1, 0.15) is 0 Å². The second kappa shape index (κ2) is 6.93. The number of rotatable bonds is 4. The van der Waals surface area contributed by atoms with Gasteiger partial charge < -0.3 is 18.8 Å². The number of carbonyl (C=O) groups excluding carboxylic acids is 1. The minimum absolute atomic E-state index is 0.104. The molecule has 7 heteroatoms. The maximum Gasteiger partial charge on any atom is 0.247 e. The number of hydrogen-bond acceptors (Lipinski definition) is 6. The number of likely N-dealkylation sites (tertiary alicyclic amines) is 1. The van der Waals surface area contributed by atoms with E-state index < -0.39 is 5.79 Å². The number of piperidine rings is 1. The van der Waals surface area contributed by atoms with Crippen LogP contribution in [0.5, 0.6) is 0 Å². The average Bonchev–Trinajstić information content (AvgIpc) is 3.31. The molecule has 2 saturated heterocycles. The fourth-order valence-electron chi connectivity index (χ4n) is 3.31. The zero-order valence-electron chi connectivity index (χ0n) is 14.0. The van der Waals surface area contributed by atoms with Crippen molar-refractivity contribution in [3.63, 3.8) is 0 Å². The molecule has 1 aromatic carbocycles. The van der Waals surface area contributed by atoms with E-state index in [4.69, 9.17) is 13.9 Å². The van der Waals surface area contributed by atoms with Gasteiger partial charge in [-0.3, -0.25) is 4.79 Å². The first-order chi connectivity index (χ1) is 12.2. The van der Waals surface area contributed by atoms with Crippen LogP contribution >= 0.6 is 0 Å². The average molecular weight is 343 g/mol. The van der Waals surface area contributed by atoms with Gasteiger partial charge in [-0.05, 0) is 12.1 Å². The molecule has 0 bridgehead atoms. The molecule has 0 unspecified atom stereocenters. The van der Waals surface area contributed by atoms with Gasteiger partial charge in [0.2, 0.25) is 17.7 Å². The molecule has 0 aliphatic carbocycles. The Morgan fingerprint density at radius 3 is 2.52 bits per heavy atom. The predicted molar refractivity (Wildman–Crippen MR) is 88.5 cm³/mol. The number of nitrogens with zero attached hydrogens (tertiary/aromatic N) is 3. The Morgan fingerprint density at radius 2 is 1.80 bits per heavy atom. The molecule has 132 valence electrons. The Kier molecular flexibility index (Phi) is 4.50. The fourth-order valence-corrected chi connectivity index (χ4v) is 3.31. The van der Waals surface area contributed by atoms with Gasteiger partial charge in [0, 0.05) is 44.3 Å². The molecule has 2 fully saturated rings. The van der Waals surface area contributed by atoms with Gasteiger partial charge in [-0.2, -0.15) is 0 Å². The van der Waals surface area contributed by atoms with Gasteiger partial charge in [0.05, 0.1) is 13.2 Å². The highest BCUT2D eigenvalue weighted by atomic mass is 16.7. The number of aryl methyl sites for hydroxylation is 1. The second-order valence-electron chi connectivity index (χ2n) is 6.36. The lowest BCUT2D eigenvalue weighted by molar-refractivity contribution is -0.187. The van der Waals surface area contributed by atoms with E-state index in [9.17, 15) is 4.79 Å². The molecule has 0 saturated carbocycles. The van der Waals surface area contributed by atoms with E-state index in [-0.39, 0.29) is 5.91 Å². The van der Waals surface area contributed by atoms with Gasteiger partial charge in [-0.25, -0.2) is 0 Å². The Bertz CT molecular complexity index is 715. The van der Waals surface area contributed by atoms with E-state index in [1.165, 1.54) is 0 Å². The van der Waals surface area contributed by atoms with Crippen LogP contribution in [0.2, 0.25) is 0 Å². The molecule has 1 spiro atoms. The van der Waals surface area contributed by atoms with Crippen LogP contribution in [0.4, 0.5) is 0 Å². The van der Waals surface area contributed by atoms with Crippen LogP contribution in [-0.2, 0) is 20.7 Å². The van der Waals surface area contributed by atoms with Crippen molar-refractivity contribution < 1.29 is 18.7 Å². The maximum absolute atomic E-state index is 12.4.